The molecule has 0 bridgehead atoms. The van der Waals surface area contributed by atoms with Gasteiger partial charge in [-0.05, 0) is 36.0 Å². The Balaban J connectivity index is 1.49. The van der Waals surface area contributed by atoms with Gasteiger partial charge in [0.2, 0.25) is 11.8 Å². The number of hydrogen-bond donors (Lipinski definition) is 1. The molecule has 1 aliphatic rings. The van der Waals surface area contributed by atoms with E-state index in [-0.39, 0.29) is 17.7 Å². The van der Waals surface area contributed by atoms with Crippen LogP contribution in [0.25, 0.3) is 0 Å². The van der Waals surface area contributed by atoms with Crippen LogP contribution in [0.3, 0.4) is 0 Å². The van der Waals surface area contributed by atoms with Gasteiger partial charge in [0.1, 0.15) is 6.04 Å². The highest BCUT2D eigenvalue weighted by molar-refractivity contribution is 5.89. The predicted molar refractivity (Wildman–Crippen MR) is 127 cm³/mol. The Morgan fingerprint density at radius 1 is 0.781 bits per heavy atom. The number of hydrogen-bond acceptors (Lipinski definition) is 2. The lowest BCUT2D eigenvalue weighted by Crippen LogP contribution is -2.46. The standard InChI is InChI=1S/C28H30N2O2/c31-26-18-10-11-21-30(26)27(24-16-8-3-9-17-24)28(32)29-20-19-25(22-12-4-1-5-13-22)23-14-6-2-7-15-23/h1-9,12-17,25,27H,10-11,18-21H2,(H,29,32). The molecule has 1 fully saturated rings. The Morgan fingerprint density at radius 2 is 1.31 bits per heavy atom. The van der Waals surface area contributed by atoms with E-state index in [1.165, 1.54) is 11.1 Å². The van der Waals surface area contributed by atoms with E-state index in [1.807, 2.05) is 42.5 Å². The van der Waals surface area contributed by atoms with Crippen LogP contribution in [0.1, 0.15) is 54.3 Å². The van der Waals surface area contributed by atoms with Crippen LogP contribution in [0.15, 0.2) is 91.0 Å². The fourth-order valence-electron chi connectivity index (χ4n) is 4.54. The number of carbonyl (C=O) groups is 2. The van der Waals surface area contributed by atoms with E-state index in [2.05, 4.69) is 53.8 Å². The summed E-state index contributed by atoms with van der Waals surface area (Å²) in [6.07, 6.45) is 3.14. The first-order valence-corrected chi connectivity index (χ1v) is 11.5. The molecule has 1 saturated heterocycles. The molecule has 3 aromatic carbocycles. The summed E-state index contributed by atoms with van der Waals surface area (Å²) in [5.41, 5.74) is 3.33. The Labute approximate surface area is 190 Å². The molecule has 2 amide bonds. The summed E-state index contributed by atoms with van der Waals surface area (Å²) in [5.74, 6) is 0.155. The van der Waals surface area contributed by atoms with Crippen molar-refractivity contribution in [3.63, 3.8) is 0 Å². The van der Waals surface area contributed by atoms with Crippen LogP contribution in [0.5, 0.6) is 0 Å². The number of rotatable bonds is 8. The van der Waals surface area contributed by atoms with Crippen LogP contribution in [0, 0.1) is 0 Å². The molecule has 32 heavy (non-hydrogen) atoms. The highest BCUT2D eigenvalue weighted by Crippen LogP contribution is 2.28. The van der Waals surface area contributed by atoms with Crippen molar-refractivity contribution in [1.29, 1.82) is 0 Å². The van der Waals surface area contributed by atoms with E-state index in [4.69, 9.17) is 0 Å². The summed E-state index contributed by atoms with van der Waals surface area (Å²) in [7, 11) is 0. The third-order valence-corrected chi connectivity index (χ3v) is 6.17. The first kappa shape index (κ1) is 21.8. The number of amides is 2. The van der Waals surface area contributed by atoms with Gasteiger partial charge in [0, 0.05) is 25.4 Å². The molecule has 1 unspecified atom stereocenters. The summed E-state index contributed by atoms with van der Waals surface area (Å²) in [6, 6.07) is 29.9. The molecule has 4 rings (SSSR count). The Morgan fingerprint density at radius 3 is 1.84 bits per heavy atom. The number of piperidine rings is 1. The minimum Gasteiger partial charge on any atom is -0.354 e. The Kier molecular flexibility index (Phi) is 7.34. The van der Waals surface area contributed by atoms with Gasteiger partial charge in [0.15, 0.2) is 0 Å². The minimum absolute atomic E-state index is 0.0618. The van der Waals surface area contributed by atoms with Gasteiger partial charge < -0.3 is 10.2 Å². The number of nitrogens with zero attached hydrogens (tertiary/aromatic N) is 1. The van der Waals surface area contributed by atoms with Crippen molar-refractivity contribution in [2.24, 2.45) is 0 Å². The van der Waals surface area contributed by atoms with Crippen molar-refractivity contribution >= 4 is 11.8 Å². The lowest BCUT2D eigenvalue weighted by molar-refractivity contribution is -0.142. The fraction of sp³-hybridized carbons (Fsp3) is 0.286. The lowest BCUT2D eigenvalue weighted by Gasteiger charge is -2.34. The smallest absolute Gasteiger partial charge is 0.247 e. The SMILES string of the molecule is O=C(NCCC(c1ccccc1)c1ccccc1)C(c1ccccc1)N1CCCCC1=O. The van der Waals surface area contributed by atoms with Gasteiger partial charge in [0.05, 0.1) is 0 Å². The zero-order valence-electron chi connectivity index (χ0n) is 18.3. The molecule has 3 aromatic rings. The highest BCUT2D eigenvalue weighted by atomic mass is 16.2. The van der Waals surface area contributed by atoms with Gasteiger partial charge in [-0.1, -0.05) is 91.0 Å². The van der Waals surface area contributed by atoms with Gasteiger partial charge in [0.25, 0.3) is 0 Å². The molecule has 1 heterocycles. The predicted octanol–water partition coefficient (Wildman–Crippen LogP) is 5.08. The minimum atomic E-state index is -0.573. The van der Waals surface area contributed by atoms with Gasteiger partial charge in [-0.3, -0.25) is 9.59 Å². The van der Waals surface area contributed by atoms with Gasteiger partial charge in [-0.25, -0.2) is 0 Å². The molecular formula is C28H30N2O2. The molecule has 1 N–H and O–H groups in total. The highest BCUT2D eigenvalue weighted by Gasteiger charge is 2.32. The van der Waals surface area contributed by atoms with Crippen LogP contribution in [0.4, 0.5) is 0 Å². The summed E-state index contributed by atoms with van der Waals surface area (Å²) >= 11 is 0. The monoisotopic (exact) mass is 426 g/mol. The van der Waals surface area contributed by atoms with Crippen LogP contribution in [-0.2, 0) is 9.59 Å². The van der Waals surface area contributed by atoms with Crippen molar-refractivity contribution in [3.8, 4) is 0 Å². The summed E-state index contributed by atoms with van der Waals surface area (Å²) in [5, 5.41) is 3.14. The first-order chi connectivity index (χ1) is 15.7. The van der Waals surface area contributed by atoms with E-state index in [0.717, 1.165) is 24.8 Å². The summed E-state index contributed by atoms with van der Waals surface area (Å²) in [4.78, 5) is 27.7. The zero-order valence-corrected chi connectivity index (χ0v) is 18.3. The molecule has 0 radical (unpaired) electrons. The third-order valence-electron chi connectivity index (χ3n) is 6.17. The van der Waals surface area contributed by atoms with Crippen molar-refractivity contribution in [2.45, 2.75) is 37.6 Å². The Hall–Kier alpha value is -3.40. The molecule has 0 aliphatic carbocycles. The molecule has 164 valence electrons. The second kappa shape index (κ2) is 10.8. The van der Waals surface area contributed by atoms with Gasteiger partial charge in [-0.2, -0.15) is 0 Å². The van der Waals surface area contributed by atoms with E-state index >= 15 is 0 Å². The second-order valence-electron chi connectivity index (χ2n) is 8.31. The van der Waals surface area contributed by atoms with E-state index < -0.39 is 6.04 Å². The second-order valence-corrected chi connectivity index (χ2v) is 8.31. The molecule has 1 aliphatic heterocycles. The number of carbonyl (C=O) groups excluding carboxylic acids is 2. The lowest BCUT2D eigenvalue weighted by atomic mass is 9.88. The van der Waals surface area contributed by atoms with Crippen LogP contribution >= 0.6 is 0 Å². The maximum absolute atomic E-state index is 13.3. The zero-order chi connectivity index (χ0) is 22.2. The largest absolute Gasteiger partial charge is 0.354 e. The molecule has 4 nitrogen and oxygen atoms in total. The molecule has 0 aromatic heterocycles. The van der Waals surface area contributed by atoms with Crippen molar-refractivity contribution in [3.05, 3.63) is 108 Å². The quantitative estimate of drug-likeness (QED) is 0.546. The summed E-state index contributed by atoms with van der Waals surface area (Å²) < 4.78 is 0. The Bertz CT molecular complexity index is 966. The molecule has 0 spiro atoms. The van der Waals surface area contributed by atoms with Gasteiger partial charge in [-0.15, -0.1) is 0 Å². The topological polar surface area (TPSA) is 49.4 Å². The van der Waals surface area contributed by atoms with E-state index in [0.29, 0.717) is 19.5 Å². The van der Waals surface area contributed by atoms with Crippen LogP contribution in [0.2, 0.25) is 0 Å². The fourth-order valence-corrected chi connectivity index (χ4v) is 4.54. The normalized spacial score (nSPS) is 14.9. The third kappa shape index (κ3) is 5.25. The first-order valence-electron chi connectivity index (χ1n) is 11.5. The summed E-state index contributed by atoms with van der Waals surface area (Å²) in [6.45, 7) is 1.17. The van der Waals surface area contributed by atoms with E-state index in [1.54, 1.807) is 4.90 Å². The van der Waals surface area contributed by atoms with E-state index in [9.17, 15) is 9.59 Å². The number of nitrogens with one attached hydrogen (secondary N) is 1. The van der Waals surface area contributed by atoms with Crippen molar-refractivity contribution in [1.82, 2.24) is 10.2 Å². The number of likely N-dealkylation sites (tertiary alicyclic amines) is 1. The molecule has 1 atom stereocenters. The molecule has 4 heteroatoms. The maximum atomic E-state index is 13.3. The van der Waals surface area contributed by atoms with Crippen molar-refractivity contribution < 1.29 is 9.59 Å². The number of benzene rings is 3. The van der Waals surface area contributed by atoms with Gasteiger partial charge >= 0.3 is 0 Å². The van der Waals surface area contributed by atoms with Crippen LogP contribution in [-0.4, -0.2) is 29.8 Å². The average Bonchev–Trinajstić information content (AvgIpc) is 2.85. The average molecular weight is 427 g/mol. The van der Waals surface area contributed by atoms with Crippen LogP contribution < -0.4 is 5.32 Å². The maximum Gasteiger partial charge on any atom is 0.247 e. The molecular weight excluding hydrogens is 396 g/mol. The van der Waals surface area contributed by atoms with Crippen molar-refractivity contribution in [2.75, 3.05) is 13.1 Å². The molecule has 0 saturated carbocycles.